The Morgan fingerprint density at radius 2 is 1.97 bits per heavy atom. The molecule has 1 atom stereocenters. The highest BCUT2D eigenvalue weighted by molar-refractivity contribution is 6.04. The summed E-state index contributed by atoms with van der Waals surface area (Å²) in [5.74, 6) is 6.11. The summed E-state index contributed by atoms with van der Waals surface area (Å²) in [4.78, 5) is 47.5. The fourth-order valence-electron chi connectivity index (χ4n) is 4.11. The first-order chi connectivity index (χ1) is 16.8. The molecular weight excluding hydrogens is 450 g/mol. The summed E-state index contributed by atoms with van der Waals surface area (Å²) in [6.45, 7) is 4.08. The van der Waals surface area contributed by atoms with Gasteiger partial charge in [0.1, 0.15) is 17.3 Å². The summed E-state index contributed by atoms with van der Waals surface area (Å²) >= 11 is 0. The van der Waals surface area contributed by atoms with E-state index in [0.29, 0.717) is 41.5 Å². The maximum atomic E-state index is 12.6. The summed E-state index contributed by atoms with van der Waals surface area (Å²) < 4.78 is 6.28. The number of aromatic nitrogens is 3. The Balaban J connectivity index is 1.63. The van der Waals surface area contributed by atoms with Gasteiger partial charge in [0.2, 0.25) is 5.91 Å². The molecule has 3 aromatic rings. The first-order valence-electron chi connectivity index (χ1n) is 10.9. The van der Waals surface area contributed by atoms with Gasteiger partial charge in [0, 0.05) is 29.9 Å². The first kappa shape index (κ1) is 23.5. The number of methoxy groups -OCH3 is 1. The fraction of sp³-hybridized carbons (Fsp3) is 0.208. The SMILES string of the molecule is C=CC(=O)N1CCCC1c1nc(-c2ccc(C(=O)Nc3cc(OC)ccn3)cc2)c(C(N)=O)n1N. The Morgan fingerprint density at radius 1 is 1.23 bits per heavy atom. The molecule has 3 heterocycles. The zero-order valence-electron chi connectivity index (χ0n) is 19.1. The molecule has 1 fully saturated rings. The highest BCUT2D eigenvalue weighted by atomic mass is 16.5. The second-order valence-corrected chi connectivity index (χ2v) is 7.91. The molecule has 0 bridgehead atoms. The van der Waals surface area contributed by atoms with Crippen LogP contribution in [0.5, 0.6) is 5.75 Å². The predicted octanol–water partition coefficient (Wildman–Crippen LogP) is 1.87. The normalized spacial score (nSPS) is 15.0. The van der Waals surface area contributed by atoms with E-state index in [1.165, 1.54) is 19.4 Å². The molecule has 4 rings (SSSR count). The van der Waals surface area contributed by atoms with Crippen molar-refractivity contribution in [1.82, 2.24) is 19.5 Å². The maximum absolute atomic E-state index is 12.6. The number of hydrogen-bond acceptors (Lipinski definition) is 7. The van der Waals surface area contributed by atoms with Gasteiger partial charge in [-0.05, 0) is 37.1 Å². The number of imidazole rings is 1. The third-order valence-electron chi connectivity index (χ3n) is 5.81. The number of pyridine rings is 1. The molecule has 180 valence electrons. The van der Waals surface area contributed by atoms with Crippen LogP contribution in [-0.2, 0) is 4.79 Å². The second-order valence-electron chi connectivity index (χ2n) is 7.91. The van der Waals surface area contributed by atoms with Crippen molar-refractivity contribution in [2.45, 2.75) is 18.9 Å². The maximum Gasteiger partial charge on any atom is 0.269 e. The van der Waals surface area contributed by atoms with E-state index in [1.54, 1.807) is 41.3 Å². The molecule has 0 aliphatic carbocycles. The van der Waals surface area contributed by atoms with Crippen molar-refractivity contribution in [1.29, 1.82) is 0 Å². The molecule has 1 aliphatic rings. The Bertz CT molecular complexity index is 1300. The van der Waals surface area contributed by atoms with Gasteiger partial charge in [-0.25, -0.2) is 14.6 Å². The molecule has 1 aromatic carbocycles. The number of carbonyl (C=O) groups is 3. The van der Waals surface area contributed by atoms with Gasteiger partial charge in [-0.1, -0.05) is 18.7 Å². The summed E-state index contributed by atoms with van der Waals surface area (Å²) in [6, 6.07) is 9.34. The van der Waals surface area contributed by atoms with Crippen LogP contribution in [0.25, 0.3) is 11.3 Å². The molecule has 0 radical (unpaired) electrons. The number of nitrogen functional groups attached to an aromatic ring is 1. The van der Waals surface area contributed by atoms with Crippen LogP contribution in [0, 0.1) is 0 Å². The van der Waals surface area contributed by atoms with Gasteiger partial charge in [-0.3, -0.25) is 14.4 Å². The first-order valence-corrected chi connectivity index (χ1v) is 10.9. The van der Waals surface area contributed by atoms with E-state index in [2.05, 4.69) is 21.9 Å². The number of rotatable bonds is 7. The lowest BCUT2D eigenvalue weighted by Crippen LogP contribution is -2.32. The van der Waals surface area contributed by atoms with Crippen LogP contribution in [-0.4, -0.2) is 50.9 Å². The largest absolute Gasteiger partial charge is 0.497 e. The molecule has 11 heteroatoms. The topological polar surface area (TPSA) is 158 Å². The number of primary amides is 1. The van der Waals surface area contributed by atoms with E-state index in [4.69, 9.17) is 16.3 Å². The Kier molecular flexibility index (Phi) is 6.49. The molecule has 3 amide bonds. The van der Waals surface area contributed by atoms with E-state index in [9.17, 15) is 14.4 Å². The number of nitrogens with two attached hydrogens (primary N) is 2. The predicted molar refractivity (Wildman–Crippen MR) is 129 cm³/mol. The molecule has 1 saturated heterocycles. The van der Waals surface area contributed by atoms with Crippen molar-refractivity contribution in [3.05, 3.63) is 72.3 Å². The summed E-state index contributed by atoms with van der Waals surface area (Å²) in [5, 5.41) is 2.70. The Hall–Kier alpha value is -4.67. The van der Waals surface area contributed by atoms with E-state index >= 15 is 0 Å². The Morgan fingerprint density at radius 3 is 2.63 bits per heavy atom. The minimum absolute atomic E-state index is 0.00989. The molecule has 1 unspecified atom stereocenters. The van der Waals surface area contributed by atoms with Gasteiger partial charge in [0.05, 0.1) is 13.2 Å². The van der Waals surface area contributed by atoms with Crippen LogP contribution in [0.2, 0.25) is 0 Å². The number of ether oxygens (including phenoxy) is 1. The van der Waals surface area contributed by atoms with Gasteiger partial charge in [0.15, 0.2) is 11.5 Å². The fourth-order valence-corrected chi connectivity index (χ4v) is 4.11. The van der Waals surface area contributed by atoms with Gasteiger partial charge in [-0.2, -0.15) is 0 Å². The van der Waals surface area contributed by atoms with Crippen molar-refractivity contribution < 1.29 is 19.1 Å². The number of nitrogens with one attached hydrogen (secondary N) is 1. The molecule has 35 heavy (non-hydrogen) atoms. The van der Waals surface area contributed by atoms with E-state index in [-0.39, 0.29) is 23.2 Å². The smallest absolute Gasteiger partial charge is 0.269 e. The summed E-state index contributed by atoms with van der Waals surface area (Å²) in [7, 11) is 1.52. The average Bonchev–Trinajstić information content (AvgIpc) is 3.48. The quantitative estimate of drug-likeness (QED) is 0.347. The third kappa shape index (κ3) is 4.56. The number of likely N-dealkylation sites (tertiary alicyclic amines) is 1. The average molecular weight is 476 g/mol. The second kappa shape index (κ2) is 9.67. The van der Waals surface area contributed by atoms with Crippen LogP contribution in [0.15, 0.2) is 55.3 Å². The number of anilines is 1. The highest BCUT2D eigenvalue weighted by Crippen LogP contribution is 2.34. The molecular formula is C24H25N7O4. The minimum atomic E-state index is -0.758. The third-order valence-corrected chi connectivity index (χ3v) is 5.81. The zero-order valence-corrected chi connectivity index (χ0v) is 19.1. The molecule has 1 aliphatic heterocycles. The van der Waals surface area contributed by atoms with Crippen LogP contribution >= 0.6 is 0 Å². The van der Waals surface area contributed by atoms with Gasteiger partial charge in [-0.15, -0.1) is 0 Å². The van der Waals surface area contributed by atoms with Crippen molar-refractivity contribution >= 4 is 23.5 Å². The molecule has 11 nitrogen and oxygen atoms in total. The van der Waals surface area contributed by atoms with Crippen LogP contribution in [0.3, 0.4) is 0 Å². The Labute approximate surface area is 201 Å². The highest BCUT2D eigenvalue weighted by Gasteiger charge is 2.34. The number of nitrogens with zero attached hydrogens (tertiary/aromatic N) is 4. The molecule has 5 N–H and O–H groups in total. The van der Waals surface area contributed by atoms with E-state index in [0.717, 1.165) is 11.1 Å². The van der Waals surface area contributed by atoms with Gasteiger partial charge in [0.25, 0.3) is 11.8 Å². The van der Waals surface area contributed by atoms with E-state index < -0.39 is 11.9 Å². The van der Waals surface area contributed by atoms with Crippen LogP contribution in [0.4, 0.5) is 5.82 Å². The van der Waals surface area contributed by atoms with Crippen molar-refractivity contribution in [3.8, 4) is 17.0 Å². The van der Waals surface area contributed by atoms with Gasteiger partial charge >= 0.3 is 0 Å². The number of hydrogen-bond donors (Lipinski definition) is 3. The molecule has 0 saturated carbocycles. The monoisotopic (exact) mass is 475 g/mol. The number of amides is 3. The minimum Gasteiger partial charge on any atom is -0.497 e. The number of benzene rings is 1. The molecule has 0 spiro atoms. The summed E-state index contributed by atoms with van der Waals surface area (Å²) in [6.07, 6.45) is 4.17. The lowest BCUT2D eigenvalue weighted by atomic mass is 10.1. The van der Waals surface area contributed by atoms with Crippen LogP contribution in [0.1, 0.15) is 45.6 Å². The standard InChI is InChI=1S/C24H25N7O4/c1-3-19(32)30-12-4-5-17(30)23-29-20(21(22(25)33)31(23)26)14-6-8-15(9-7-14)24(34)28-18-13-16(35-2)10-11-27-18/h3,6-11,13,17H,1,4-5,12,26H2,2H3,(H2,25,33)(H,27,28,34). The lowest BCUT2D eigenvalue weighted by Gasteiger charge is -2.22. The number of carbonyl (C=O) groups excluding carboxylic acids is 3. The van der Waals surface area contributed by atoms with Crippen molar-refractivity contribution in [2.75, 3.05) is 24.8 Å². The van der Waals surface area contributed by atoms with Crippen molar-refractivity contribution in [2.24, 2.45) is 5.73 Å². The lowest BCUT2D eigenvalue weighted by molar-refractivity contribution is -0.127. The zero-order chi connectivity index (χ0) is 25.1. The van der Waals surface area contributed by atoms with E-state index in [1.807, 2.05) is 0 Å². The van der Waals surface area contributed by atoms with Crippen molar-refractivity contribution in [3.63, 3.8) is 0 Å². The van der Waals surface area contributed by atoms with Gasteiger partial charge < -0.3 is 26.5 Å². The molecule has 2 aromatic heterocycles. The summed E-state index contributed by atoms with van der Waals surface area (Å²) in [5.41, 5.74) is 6.80. The van der Waals surface area contributed by atoms with Crippen LogP contribution < -0.4 is 21.6 Å².